The second-order valence-corrected chi connectivity index (χ2v) is 6.20. The van der Waals surface area contributed by atoms with E-state index in [1.165, 1.54) is 0 Å². The van der Waals surface area contributed by atoms with Gasteiger partial charge >= 0.3 is 0 Å². The molecule has 0 fully saturated rings. The van der Waals surface area contributed by atoms with Crippen LogP contribution in [0.15, 0.2) is 29.0 Å². The van der Waals surface area contributed by atoms with Gasteiger partial charge in [0.15, 0.2) is 5.82 Å². The maximum atomic E-state index is 12.2. The lowest BCUT2D eigenvalue weighted by Crippen LogP contribution is -2.29. The summed E-state index contributed by atoms with van der Waals surface area (Å²) < 4.78 is 3.57. The van der Waals surface area contributed by atoms with Crippen LogP contribution in [0.5, 0.6) is 0 Å². The van der Waals surface area contributed by atoms with Crippen LogP contribution in [0.25, 0.3) is 0 Å². The molecule has 0 bridgehead atoms. The van der Waals surface area contributed by atoms with Crippen molar-refractivity contribution in [2.24, 2.45) is 7.05 Å². The van der Waals surface area contributed by atoms with Gasteiger partial charge in [-0.2, -0.15) is 0 Å². The quantitative estimate of drug-likeness (QED) is 0.755. The molecule has 7 heteroatoms. The predicted octanol–water partition coefficient (Wildman–Crippen LogP) is 2.67. The molecule has 100 valence electrons. The molecule has 1 unspecified atom stereocenters. The topological polar surface area (TPSA) is 59.8 Å². The number of rotatable bonds is 3. The van der Waals surface area contributed by atoms with Gasteiger partial charge in [0.25, 0.3) is 5.91 Å². The van der Waals surface area contributed by atoms with Crippen molar-refractivity contribution in [1.29, 1.82) is 0 Å². The van der Waals surface area contributed by atoms with Crippen LogP contribution in [0.4, 0.5) is 0 Å². The van der Waals surface area contributed by atoms with Crippen molar-refractivity contribution in [2.75, 3.05) is 0 Å². The van der Waals surface area contributed by atoms with E-state index < -0.39 is 0 Å². The van der Waals surface area contributed by atoms with Crippen molar-refractivity contribution >= 4 is 44.4 Å². The summed E-state index contributed by atoms with van der Waals surface area (Å²) >= 11 is 5.52. The van der Waals surface area contributed by atoms with E-state index in [1.807, 2.05) is 26.1 Å². The third kappa shape index (κ3) is 3.33. The van der Waals surface area contributed by atoms with Crippen LogP contribution >= 0.6 is 38.5 Å². The minimum absolute atomic E-state index is 0.124. The second kappa shape index (κ2) is 6.00. The van der Waals surface area contributed by atoms with Gasteiger partial charge in [-0.25, -0.2) is 0 Å². The van der Waals surface area contributed by atoms with Crippen LogP contribution in [-0.4, -0.2) is 20.7 Å². The first-order chi connectivity index (χ1) is 8.99. The van der Waals surface area contributed by atoms with Gasteiger partial charge in [0.2, 0.25) is 0 Å². The Hall–Kier alpha value is -0.960. The first-order valence-corrected chi connectivity index (χ1v) is 7.46. The molecular formula is C12H12BrIN4O. The van der Waals surface area contributed by atoms with Crippen molar-refractivity contribution in [3.05, 3.63) is 44.0 Å². The summed E-state index contributed by atoms with van der Waals surface area (Å²) in [6.45, 7) is 1.88. The third-order valence-electron chi connectivity index (χ3n) is 2.65. The molecule has 1 atom stereocenters. The molecule has 5 nitrogen and oxygen atoms in total. The molecule has 19 heavy (non-hydrogen) atoms. The molecule has 0 radical (unpaired) electrons. The molecule has 0 aliphatic rings. The highest BCUT2D eigenvalue weighted by Crippen LogP contribution is 2.19. The lowest BCUT2D eigenvalue weighted by molar-refractivity contribution is 0.0937. The number of aromatic nitrogens is 3. The van der Waals surface area contributed by atoms with Gasteiger partial charge in [-0.1, -0.05) is 15.9 Å². The lowest BCUT2D eigenvalue weighted by Gasteiger charge is -2.13. The number of hydrogen-bond donors (Lipinski definition) is 1. The van der Waals surface area contributed by atoms with Gasteiger partial charge in [-0.05, 0) is 47.7 Å². The zero-order valence-corrected chi connectivity index (χ0v) is 14.1. The molecule has 1 amide bonds. The molecule has 1 N–H and O–H groups in total. The Kier molecular flexibility index (Phi) is 4.56. The van der Waals surface area contributed by atoms with E-state index in [0.717, 1.165) is 13.9 Å². The van der Waals surface area contributed by atoms with Gasteiger partial charge in [0.1, 0.15) is 6.33 Å². The fourth-order valence-electron chi connectivity index (χ4n) is 1.69. The average Bonchev–Trinajstić information content (AvgIpc) is 2.78. The Balaban J connectivity index is 2.17. The smallest absolute Gasteiger partial charge is 0.252 e. The van der Waals surface area contributed by atoms with E-state index in [-0.39, 0.29) is 11.9 Å². The highest BCUT2D eigenvalue weighted by Gasteiger charge is 2.17. The Morgan fingerprint density at radius 3 is 2.89 bits per heavy atom. The van der Waals surface area contributed by atoms with Gasteiger partial charge in [-0.15, -0.1) is 10.2 Å². The van der Waals surface area contributed by atoms with Crippen molar-refractivity contribution < 1.29 is 4.79 Å². The Labute approximate surface area is 133 Å². The molecular weight excluding hydrogens is 423 g/mol. The molecule has 0 saturated heterocycles. The summed E-state index contributed by atoms with van der Waals surface area (Å²) in [6, 6.07) is 5.41. The predicted molar refractivity (Wildman–Crippen MR) is 83.7 cm³/mol. The van der Waals surface area contributed by atoms with E-state index in [9.17, 15) is 4.79 Å². The van der Waals surface area contributed by atoms with Crippen molar-refractivity contribution in [3.63, 3.8) is 0 Å². The Morgan fingerprint density at radius 1 is 1.53 bits per heavy atom. The van der Waals surface area contributed by atoms with E-state index in [0.29, 0.717) is 5.56 Å². The number of nitrogens with one attached hydrogen (secondary N) is 1. The highest BCUT2D eigenvalue weighted by atomic mass is 127. The van der Waals surface area contributed by atoms with Gasteiger partial charge < -0.3 is 9.88 Å². The normalized spacial score (nSPS) is 12.2. The zero-order chi connectivity index (χ0) is 14.0. The van der Waals surface area contributed by atoms with Crippen LogP contribution in [0.2, 0.25) is 0 Å². The summed E-state index contributed by atoms with van der Waals surface area (Å²) in [5.74, 6) is 0.597. The van der Waals surface area contributed by atoms with Crippen LogP contribution in [0.3, 0.4) is 0 Å². The van der Waals surface area contributed by atoms with Crippen LogP contribution in [0.1, 0.15) is 29.1 Å². The molecule has 1 aromatic carbocycles. The van der Waals surface area contributed by atoms with Crippen molar-refractivity contribution in [1.82, 2.24) is 20.1 Å². The number of carbonyl (C=O) groups excluding carboxylic acids is 1. The molecule has 2 aromatic rings. The fourth-order valence-corrected chi connectivity index (χ4v) is 2.64. The summed E-state index contributed by atoms with van der Waals surface area (Å²) in [5, 5.41) is 10.7. The SMILES string of the molecule is CC(NC(=O)c1cc(Br)ccc1I)c1nncn1C. The molecule has 2 rings (SSSR count). The van der Waals surface area contributed by atoms with Gasteiger partial charge in [0, 0.05) is 15.1 Å². The van der Waals surface area contributed by atoms with Gasteiger partial charge in [-0.3, -0.25) is 4.79 Å². The van der Waals surface area contributed by atoms with Crippen LogP contribution in [0, 0.1) is 3.57 Å². The summed E-state index contributed by atoms with van der Waals surface area (Å²) in [4.78, 5) is 12.2. The lowest BCUT2D eigenvalue weighted by atomic mass is 10.2. The summed E-state index contributed by atoms with van der Waals surface area (Å²) in [5.41, 5.74) is 0.643. The number of halogens is 2. The summed E-state index contributed by atoms with van der Waals surface area (Å²) in [7, 11) is 1.85. The zero-order valence-electron chi connectivity index (χ0n) is 10.4. The molecule has 1 aromatic heterocycles. The van der Waals surface area contributed by atoms with E-state index >= 15 is 0 Å². The number of amides is 1. The molecule has 0 aliphatic heterocycles. The minimum Gasteiger partial charge on any atom is -0.342 e. The maximum absolute atomic E-state index is 12.2. The molecule has 0 aliphatic carbocycles. The van der Waals surface area contributed by atoms with E-state index in [4.69, 9.17) is 0 Å². The van der Waals surface area contributed by atoms with E-state index in [2.05, 4.69) is 54.0 Å². The van der Waals surface area contributed by atoms with Crippen molar-refractivity contribution in [3.8, 4) is 0 Å². The average molecular weight is 435 g/mol. The van der Waals surface area contributed by atoms with Gasteiger partial charge in [0.05, 0.1) is 11.6 Å². The van der Waals surface area contributed by atoms with Crippen LogP contribution in [-0.2, 0) is 7.05 Å². The summed E-state index contributed by atoms with van der Waals surface area (Å²) in [6.07, 6.45) is 1.61. The number of aryl methyl sites for hydroxylation is 1. The standard InChI is InChI=1S/C12H12BrIN4O/c1-7(11-17-15-6-18(11)2)16-12(19)9-5-8(13)3-4-10(9)14/h3-7H,1-2H3,(H,16,19). The third-order valence-corrected chi connectivity index (χ3v) is 4.09. The first kappa shape index (κ1) is 14.4. The number of carbonyl (C=O) groups is 1. The number of hydrogen-bond acceptors (Lipinski definition) is 3. The second-order valence-electron chi connectivity index (χ2n) is 4.12. The number of benzene rings is 1. The Bertz CT molecular complexity index is 614. The molecule has 0 spiro atoms. The largest absolute Gasteiger partial charge is 0.342 e. The first-order valence-electron chi connectivity index (χ1n) is 5.59. The maximum Gasteiger partial charge on any atom is 0.252 e. The molecule has 0 saturated carbocycles. The van der Waals surface area contributed by atoms with Crippen molar-refractivity contribution in [2.45, 2.75) is 13.0 Å². The fraction of sp³-hybridized carbons (Fsp3) is 0.250. The minimum atomic E-state index is -0.199. The van der Waals surface area contributed by atoms with E-state index in [1.54, 1.807) is 17.0 Å². The highest BCUT2D eigenvalue weighted by molar-refractivity contribution is 14.1. The number of nitrogens with zero attached hydrogens (tertiary/aromatic N) is 3. The van der Waals surface area contributed by atoms with Crippen LogP contribution < -0.4 is 5.32 Å². The monoisotopic (exact) mass is 434 g/mol. The Morgan fingerprint density at radius 2 is 2.26 bits per heavy atom. The molecule has 1 heterocycles.